The third-order valence-electron chi connectivity index (χ3n) is 8.91. The van der Waals surface area contributed by atoms with E-state index in [1.165, 1.54) is 19.9 Å². The summed E-state index contributed by atoms with van der Waals surface area (Å²) in [6.07, 6.45) is -0.399. The Morgan fingerprint density at radius 1 is 1.08 bits per heavy atom. The smallest absolute Gasteiger partial charge is 0.369 e. The summed E-state index contributed by atoms with van der Waals surface area (Å²) < 4.78 is 69.2. The van der Waals surface area contributed by atoms with Gasteiger partial charge in [-0.25, -0.2) is 8.42 Å². The predicted molar refractivity (Wildman–Crippen MR) is 128 cm³/mol. The molecule has 2 unspecified atom stereocenters. The molecule has 200 valence electrons. The van der Waals surface area contributed by atoms with Crippen LogP contribution in [-0.2, 0) is 25.8 Å². The van der Waals surface area contributed by atoms with Gasteiger partial charge in [-0.1, -0.05) is 19.1 Å². The summed E-state index contributed by atoms with van der Waals surface area (Å²) >= 11 is 0. The van der Waals surface area contributed by atoms with Gasteiger partial charge < -0.3 is 5.73 Å². The molecule has 6 nitrogen and oxygen atoms in total. The van der Waals surface area contributed by atoms with Crippen LogP contribution in [-0.4, -0.2) is 36.5 Å². The van der Waals surface area contributed by atoms with Crippen LogP contribution in [0.5, 0.6) is 0 Å². The SMILES string of the molecule is CCCN(C(C)(C)C(=O)CC1C2CC3CC1CC(C(N)=O)(C3)C2)S(=O)(=O)c1ccccc1C(F)(F)F. The van der Waals surface area contributed by atoms with Crippen LogP contribution in [0.4, 0.5) is 13.2 Å². The summed E-state index contributed by atoms with van der Waals surface area (Å²) in [7, 11) is -4.63. The second kappa shape index (κ2) is 9.11. The molecule has 0 spiro atoms. The first kappa shape index (κ1) is 27.1. The summed E-state index contributed by atoms with van der Waals surface area (Å²) in [6, 6.07) is 4.09. The first-order valence-electron chi connectivity index (χ1n) is 12.7. The van der Waals surface area contributed by atoms with Crippen molar-refractivity contribution in [2.45, 2.75) is 82.3 Å². The van der Waals surface area contributed by atoms with Crippen molar-refractivity contribution < 1.29 is 31.2 Å². The molecule has 0 radical (unpaired) electrons. The molecule has 0 heterocycles. The zero-order valence-electron chi connectivity index (χ0n) is 21.0. The molecule has 10 heteroatoms. The molecule has 0 aliphatic heterocycles. The Labute approximate surface area is 210 Å². The molecular formula is C26H35F3N2O4S. The topological polar surface area (TPSA) is 97.5 Å². The van der Waals surface area contributed by atoms with Crippen molar-refractivity contribution in [2.75, 3.05) is 6.54 Å². The summed E-state index contributed by atoms with van der Waals surface area (Å²) in [4.78, 5) is 25.1. The molecule has 0 aromatic heterocycles. The number of benzene rings is 1. The number of hydrogen-bond donors (Lipinski definition) is 1. The number of sulfonamides is 1. The van der Waals surface area contributed by atoms with E-state index in [0.29, 0.717) is 25.2 Å². The summed E-state index contributed by atoms with van der Waals surface area (Å²) in [6.45, 7) is 4.61. The number of hydrogen-bond acceptors (Lipinski definition) is 4. The number of nitrogens with zero attached hydrogens (tertiary/aromatic N) is 1. The van der Waals surface area contributed by atoms with E-state index in [4.69, 9.17) is 5.73 Å². The molecular weight excluding hydrogens is 493 g/mol. The predicted octanol–water partition coefficient (Wildman–Crippen LogP) is 4.77. The van der Waals surface area contributed by atoms with Crippen molar-refractivity contribution in [3.63, 3.8) is 0 Å². The lowest BCUT2D eigenvalue weighted by molar-refractivity contribution is -0.152. The van der Waals surface area contributed by atoms with Crippen molar-refractivity contribution in [1.29, 1.82) is 0 Å². The number of rotatable bonds is 9. The van der Waals surface area contributed by atoms with Crippen LogP contribution in [0, 0.1) is 29.1 Å². The Bertz CT molecular complexity index is 1130. The van der Waals surface area contributed by atoms with E-state index in [2.05, 4.69) is 0 Å². The molecule has 5 rings (SSSR count). The van der Waals surface area contributed by atoms with Gasteiger partial charge in [-0.2, -0.15) is 17.5 Å². The van der Waals surface area contributed by atoms with Gasteiger partial charge in [0.1, 0.15) is 0 Å². The summed E-state index contributed by atoms with van der Waals surface area (Å²) in [5, 5.41) is 0. The lowest BCUT2D eigenvalue weighted by Crippen LogP contribution is -2.58. The van der Waals surface area contributed by atoms with E-state index in [0.717, 1.165) is 41.8 Å². The van der Waals surface area contributed by atoms with Gasteiger partial charge >= 0.3 is 6.18 Å². The monoisotopic (exact) mass is 528 g/mol. The van der Waals surface area contributed by atoms with Gasteiger partial charge in [0.15, 0.2) is 5.78 Å². The lowest BCUT2D eigenvalue weighted by atomic mass is 9.45. The molecule has 2 N–H and O–H groups in total. The van der Waals surface area contributed by atoms with Crippen LogP contribution >= 0.6 is 0 Å². The molecule has 36 heavy (non-hydrogen) atoms. The lowest BCUT2D eigenvalue weighted by Gasteiger charge is -2.59. The maximum atomic E-state index is 13.7. The molecule has 4 saturated carbocycles. The highest BCUT2D eigenvalue weighted by molar-refractivity contribution is 7.89. The van der Waals surface area contributed by atoms with Gasteiger partial charge in [-0.05, 0) is 88.2 Å². The Balaban J connectivity index is 1.62. The van der Waals surface area contributed by atoms with Crippen LogP contribution < -0.4 is 5.73 Å². The number of carbonyl (C=O) groups is 2. The van der Waals surface area contributed by atoms with E-state index < -0.39 is 37.6 Å². The molecule has 0 saturated heterocycles. The molecule has 4 aliphatic rings. The minimum atomic E-state index is -4.85. The Morgan fingerprint density at radius 2 is 1.67 bits per heavy atom. The van der Waals surface area contributed by atoms with E-state index in [-0.39, 0.29) is 42.4 Å². The highest BCUT2D eigenvalue weighted by Gasteiger charge is 2.58. The quantitative estimate of drug-likeness (QED) is 0.499. The number of ketones is 1. The van der Waals surface area contributed by atoms with Gasteiger partial charge in [0.2, 0.25) is 15.9 Å². The van der Waals surface area contributed by atoms with E-state index in [9.17, 15) is 31.2 Å². The average molecular weight is 529 g/mol. The maximum Gasteiger partial charge on any atom is 0.417 e. The van der Waals surface area contributed by atoms with Gasteiger partial charge in [-0.15, -0.1) is 0 Å². The third-order valence-corrected chi connectivity index (χ3v) is 11.0. The molecule has 4 aliphatic carbocycles. The van der Waals surface area contributed by atoms with Crippen LogP contribution in [0.15, 0.2) is 29.2 Å². The van der Waals surface area contributed by atoms with Gasteiger partial charge in [0.25, 0.3) is 0 Å². The van der Waals surface area contributed by atoms with Crippen molar-refractivity contribution >= 4 is 21.7 Å². The third kappa shape index (κ3) is 4.48. The second-order valence-electron chi connectivity index (χ2n) is 11.5. The molecule has 4 fully saturated rings. The number of alkyl halides is 3. The van der Waals surface area contributed by atoms with Gasteiger partial charge in [0, 0.05) is 18.4 Å². The van der Waals surface area contributed by atoms with Gasteiger partial charge in [-0.3, -0.25) is 9.59 Å². The van der Waals surface area contributed by atoms with E-state index in [1.54, 1.807) is 6.92 Å². The number of amides is 1. The molecule has 2 atom stereocenters. The minimum Gasteiger partial charge on any atom is -0.369 e. The first-order valence-corrected chi connectivity index (χ1v) is 14.1. The van der Waals surface area contributed by atoms with Crippen molar-refractivity contribution in [2.24, 2.45) is 34.8 Å². The van der Waals surface area contributed by atoms with Crippen molar-refractivity contribution in [3.05, 3.63) is 29.8 Å². The Morgan fingerprint density at radius 3 is 2.19 bits per heavy atom. The van der Waals surface area contributed by atoms with Crippen LogP contribution in [0.2, 0.25) is 0 Å². The first-order chi connectivity index (χ1) is 16.6. The van der Waals surface area contributed by atoms with Gasteiger partial charge in [0.05, 0.1) is 16.0 Å². The number of nitrogens with two attached hydrogens (primary N) is 1. The zero-order valence-corrected chi connectivity index (χ0v) is 21.8. The van der Waals surface area contributed by atoms with Crippen molar-refractivity contribution in [1.82, 2.24) is 4.31 Å². The number of halogens is 3. The largest absolute Gasteiger partial charge is 0.417 e. The number of primary amides is 1. The van der Waals surface area contributed by atoms with Crippen LogP contribution in [0.25, 0.3) is 0 Å². The summed E-state index contributed by atoms with van der Waals surface area (Å²) in [5.74, 6) is 0.209. The second-order valence-corrected chi connectivity index (χ2v) is 13.4. The molecule has 4 bridgehead atoms. The Hall–Kier alpha value is -1.94. The standard InChI is InChI=1S/C26H35F3N2O4S/c1-4-9-31(36(34,35)21-8-6-5-7-20(21)26(27,28)29)24(2,3)22(32)12-19-17-10-16-11-18(19)15-25(13-16,14-17)23(30)33/h5-8,16-19H,4,9-15H2,1-3H3,(H2,30,33). The Kier molecular flexibility index (Phi) is 6.86. The van der Waals surface area contributed by atoms with Crippen molar-refractivity contribution in [3.8, 4) is 0 Å². The molecule has 1 aromatic rings. The highest BCUT2D eigenvalue weighted by Crippen LogP contribution is 2.63. The molecule has 1 amide bonds. The molecule has 1 aromatic carbocycles. The summed E-state index contributed by atoms with van der Waals surface area (Å²) in [5.41, 5.74) is 2.49. The van der Waals surface area contributed by atoms with E-state index >= 15 is 0 Å². The fourth-order valence-electron chi connectivity index (χ4n) is 7.32. The number of Topliss-reactive ketones (excluding diaryl/α,β-unsaturated/α-hetero) is 1. The van der Waals surface area contributed by atoms with Crippen LogP contribution in [0.3, 0.4) is 0 Å². The van der Waals surface area contributed by atoms with Crippen LogP contribution in [0.1, 0.15) is 71.3 Å². The minimum absolute atomic E-state index is 0.0226. The number of carbonyl (C=O) groups excluding carboxylic acids is 2. The maximum absolute atomic E-state index is 13.7. The highest BCUT2D eigenvalue weighted by atomic mass is 32.2. The fourth-order valence-corrected chi connectivity index (χ4v) is 9.39. The normalized spacial score (nSPS) is 30.1. The zero-order chi connectivity index (χ0) is 26.7. The fraction of sp³-hybridized carbons (Fsp3) is 0.692. The van der Waals surface area contributed by atoms with E-state index in [1.807, 2.05) is 0 Å². The average Bonchev–Trinajstić information content (AvgIpc) is 2.78.